The maximum absolute atomic E-state index is 13.2. The summed E-state index contributed by atoms with van der Waals surface area (Å²) in [7, 11) is -3.52. The number of amides is 2. The van der Waals surface area contributed by atoms with Crippen LogP contribution in [0.2, 0.25) is 0 Å². The number of piperidine rings is 1. The summed E-state index contributed by atoms with van der Waals surface area (Å²) in [5.74, 6) is 0. The van der Waals surface area contributed by atoms with Gasteiger partial charge in [-0.05, 0) is 48.4 Å². The quantitative estimate of drug-likeness (QED) is 0.653. The molecule has 2 aliphatic rings. The molecule has 0 bridgehead atoms. The zero-order valence-corrected chi connectivity index (χ0v) is 20.9. The molecular weight excluding hydrogens is 434 g/mol. The van der Waals surface area contributed by atoms with E-state index >= 15 is 0 Å². The normalized spacial score (nSPS) is 18.8. The molecule has 6 nitrogen and oxygen atoms in total. The summed E-state index contributed by atoms with van der Waals surface area (Å²) in [5.41, 5.74) is 3.43. The smallest absolute Gasteiger partial charge is 0.320 e. The molecule has 0 N–H and O–H groups in total. The van der Waals surface area contributed by atoms with E-state index in [1.165, 1.54) is 5.56 Å². The van der Waals surface area contributed by atoms with Crippen LogP contribution in [0.15, 0.2) is 53.4 Å². The lowest BCUT2D eigenvalue weighted by Crippen LogP contribution is -2.47. The predicted molar refractivity (Wildman–Crippen MR) is 131 cm³/mol. The molecule has 0 atom stereocenters. The minimum atomic E-state index is -3.52. The number of hydrogen-bond donors (Lipinski definition) is 0. The van der Waals surface area contributed by atoms with Gasteiger partial charge in [-0.15, -0.1) is 0 Å². The molecule has 2 amide bonds. The van der Waals surface area contributed by atoms with E-state index in [4.69, 9.17) is 0 Å². The molecular formula is C26H35N3O3S. The van der Waals surface area contributed by atoms with Crippen LogP contribution >= 0.6 is 0 Å². The molecule has 178 valence electrons. The van der Waals surface area contributed by atoms with Crippen LogP contribution < -0.4 is 0 Å². The van der Waals surface area contributed by atoms with Gasteiger partial charge < -0.3 is 9.80 Å². The van der Waals surface area contributed by atoms with Crippen LogP contribution in [0.1, 0.15) is 50.3 Å². The van der Waals surface area contributed by atoms with Gasteiger partial charge in [-0.25, -0.2) is 13.2 Å². The Labute approximate surface area is 198 Å². The Hall–Kier alpha value is -2.38. The summed E-state index contributed by atoms with van der Waals surface area (Å²) in [4.78, 5) is 17.2. The number of benzene rings is 2. The van der Waals surface area contributed by atoms with Crippen molar-refractivity contribution in [3.05, 3.63) is 65.2 Å². The zero-order valence-electron chi connectivity index (χ0n) is 20.1. The lowest BCUT2D eigenvalue weighted by atomic mass is 9.87. The molecule has 0 saturated carbocycles. The third-order valence-corrected chi connectivity index (χ3v) is 8.72. The van der Waals surface area contributed by atoms with Gasteiger partial charge in [-0.1, -0.05) is 62.7 Å². The molecule has 33 heavy (non-hydrogen) atoms. The first kappa shape index (κ1) is 23.8. The number of aryl methyl sites for hydroxylation is 1. The van der Waals surface area contributed by atoms with Gasteiger partial charge in [0.2, 0.25) is 10.0 Å². The molecule has 2 heterocycles. The van der Waals surface area contributed by atoms with Gasteiger partial charge in [-0.3, -0.25) is 0 Å². The van der Waals surface area contributed by atoms with E-state index in [1.807, 2.05) is 28.0 Å². The Kier molecular flexibility index (Phi) is 6.56. The van der Waals surface area contributed by atoms with Crippen LogP contribution in [0.4, 0.5) is 4.79 Å². The van der Waals surface area contributed by atoms with Crippen molar-refractivity contribution in [2.75, 3.05) is 26.2 Å². The Morgan fingerprint density at radius 3 is 2.21 bits per heavy atom. The molecule has 0 radical (unpaired) electrons. The minimum absolute atomic E-state index is 0.0177. The minimum Gasteiger partial charge on any atom is -0.320 e. The first-order valence-corrected chi connectivity index (χ1v) is 13.2. The molecule has 0 aromatic heterocycles. The second-order valence-electron chi connectivity index (χ2n) is 10.3. The lowest BCUT2D eigenvalue weighted by Gasteiger charge is -2.36. The first-order valence-electron chi connectivity index (χ1n) is 11.8. The van der Waals surface area contributed by atoms with Crippen LogP contribution in [-0.2, 0) is 22.0 Å². The van der Waals surface area contributed by atoms with Crippen LogP contribution in [0.3, 0.4) is 0 Å². The summed E-state index contributed by atoms with van der Waals surface area (Å²) >= 11 is 0. The Bertz CT molecular complexity index is 1100. The number of carbonyl (C=O) groups excluding carboxylic acids is 1. The Balaban J connectivity index is 1.36. The van der Waals surface area contributed by atoms with E-state index in [-0.39, 0.29) is 17.5 Å². The summed E-state index contributed by atoms with van der Waals surface area (Å²) in [6.07, 6.45) is 1.34. The number of nitrogens with zero attached hydrogens (tertiary/aromatic N) is 3. The molecule has 2 aromatic rings. The van der Waals surface area contributed by atoms with Crippen molar-refractivity contribution in [2.45, 2.75) is 63.4 Å². The number of rotatable bonds is 5. The van der Waals surface area contributed by atoms with E-state index in [9.17, 15) is 13.2 Å². The monoisotopic (exact) mass is 469 g/mol. The van der Waals surface area contributed by atoms with Crippen molar-refractivity contribution < 1.29 is 13.2 Å². The van der Waals surface area contributed by atoms with E-state index in [0.29, 0.717) is 50.5 Å². The van der Waals surface area contributed by atoms with E-state index in [0.717, 1.165) is 11.1 Å². The summed E-state index contributed by atoms with van der Waals surface area (Å²) in [6, 6.07) is 15.7. The summed E-state index contributed by atoms with van der Waals surface area (Å²) in [6.45, 7) is 11.3. The lowest BCUT2D eigenvalue weighted by molar-refractivity contribution is 0.153. The number of sulfonamides is 1. The largest absolute Gasteiger partial charge is 0.320 e. The predicted octanol–water partition coefficient (Wildman–Crippen LogP) is 4.38. The SMILES string of the molecule is Cc1cccc(CN2CCN(C3CCN(S(=O)(=O)c4ccc(C(C)(C)C)cc4)CC3)C2=O)c1. The van der Waals surface area contributed by atoms with Crippen molar-refractivity contribution in [3.8, 4) is 0 Å². The molecule has 2 aliphatic heterocycles. The molecule has 0 unspecified atom stereocenters. The average molecular weight is 470 g/mol. The molecule has 2 saturated heterocycles. The van der Waals surface area contributed by atoms with Crippen LogP contribution in [-0.4, -0.2) is 60.8 Å². The highest BCUT2D eigenvalue weighted by molar-refractivity contribution is 7.89. The molecule has 0 spiro atoms. The van der Waals surface area contributed by atoms with Crippen molar-refractivity contribution in [1.82, 2.24) is 14.1 Å². The molecule has 2 fully saturated rings. The van der Waals surface area contributed by atoms with Gasteiger partial charge in [0, 0.05) is 38.8 Å². The topological polar surface area (TPSA) is 60.9 Å². The molecule has 0 aliphatic carbocycles. The number of urea groups is 1. The second kappa shape index (κ2) is 9.11. The molecule has 7 heteroatoms. The highest BCUT2D eigenvalue weighted by Crippen LogP contribution is 2.28. The Morgan fingerprint density at radius 1 is 0.939 bits per heavy atom. The zero-order chi connectivity index (χ0) is 23.8. The standard InChI is InChI=1S/C26H35N3O3S/c1-20-6-5-7-21(18-20)19-27-16-17-29(25(27)30)23-12-14-28(15-13-23)33(31,32)24-10-8-22(9-11-24)26(2,3)4/h5-11,18,23H,12-17,19H2,1-4H3. The van der Waals surface area contributed by atoms with E-state index < -0.39 is 10.0 Å². The number of hydrogen-bond acceptors (Lipinski definition) is 3. The van der Waals surface area contributed by atoms with Crippen molar-refractivity contribution in [3.63, 3.8) is 0 Å². The van der Waals surface area contributed by atoms with E-state index in [1.54, 1.807) is 16.4 Å². The van der Waals surface area contributed by atoms with Gasteiger partial charge in [-0.2, -0.15) is 4.31 Å². The van der Waals surface area contributed by atoms with Crippen LogP contribution in [0, 0.1) is 6.92 Å². The fourth-order valence-corrected chi connectivity index (χ4v) is 6.26. The maximum Gasteiger partial charge on any atom is 0.320 e. The van der Waals surface area contributed by atoms with Crippen LogP contribution in [0.5, 0.6) is 0 Å². The van der Waals surface area contributed by atoms with Crippen LogP contribution in [0.25, 0.3) is 0 Å². The molecule has 2 aromatic carbocycles. The van der Waals surface area contributed by atoms with Gasteiger partial charge in [0.1, 0.15) is 0 Å². The third kappa shape index (κ3) is 5.09. The highest BCUT2D eigenvalue weighted by Gasteiger charge is 2.37. The second-order valence-corrected chi connectivity index (χ2v) is 12.2. The van der Waals surface area contributed by atoms with Gasteiger partial charge in [0.05, 0.1) is 4.90 Å². The van der Waals surface area contributed by atoms with E-state index in [2.05, 4.69) is 45.9 Å². The maximum atomic E-state index is 13.2. The highest BCUT2D eigenvalue weighted by atomic mass is 32.2. The van der Waals surface area contributed by atoms with Gasteiger partial charge >= 0.3 is 6.03 Å². The molecule has 4 rings (SSSR count). The average Bonchev–Trinajstić information content (AvgIpc) is 3.13. The fraction of sp³-hybridized carbons (Fsp3) is 0.500. The Morgan fingerprint density at radius 2 is 1.61 bits per heavy atom. The van der Waals surface area contributed by atoms with Gasteiger partial charge in [0.25, 0.3) is 0 Å². The fourth-order valence-electron chi connectivity index (χ4n) is 4.79. The van der Waals surface area contributed by atoms with Crippen molar-refractivity contribution in [1.29, 1.82) is 0 Å². The van der Waals surface area contributed by atoms with Gasteiger partial charge in [0.15, 0.2) is 0 Å². The van der Waals surface area contributed by atoms with Crippen molar-refractivity contribution >= 4 is 16.1 Å². The summed E-state index contributed by atoms with van der Waals surface area (Å²) in [5, 5.41) is 0. The first-order chi connectivity index (χ1) is 15.6. The summed E-state index contributed by atoms with van der Waals surface area (Å²) < 4.78 is 27.9. The van der Waals surface area contributed by atoms with Crippen molar-refractivity contribution in [2.24, 2.45) is 0 Å². The number of carbonyl (C=O) groups is 1. The third-order valence-electron chi connectivity index (χ3n) is 6.81.